The van der Waals surface area contributed by atoms with E-state index in [-0.39, 0.29) is 31.3 Å². The lowest BCUT2D eigenvalue weighted by molar-refractivity contribution is -0.147. The first-order chi connectivity index (χ1) is 18.4. The third-order valence-corrected chi connectivity index (χ3v) is 7.03. The molecule has 2 amide bonds. The van der Waals surface area contributed by atoms with E-state index in [2.05, 4.69) is 15.5 Å². The van der Waals surface area contributed by atoms with Crippen molar-refractivity contribution >= 4 is 17.6 Å². The molecule has 0 bridgehead atoms. The molecule has 2 atom stereocenters. The van der Waals surface area contributed by atoms with Crippen molar-refractivity contribution in [3.8, 4) is 5.75 Å². The maximum atomic E-state index is 13.8. The predicted molar refractivity (Wildman–Crippen MR) is 127 cm³/mol. The molecule has 0 saturated carbocycles. The molecule has 2 aliphatic rings. The predicted octanol–water partition coefficient (Wildman–Crippen LogP) is 6.39. The minimum Gasteiger partial charge on any atom is -0.493 e. The number of likely N-dealkylation sites (tertiary alicyclic amines) is 1. The Labute approximate surface area is 223 Å². The summed E-state index contributed by atoms with van der Waals surface area (Å²) in [6, 6.07) is 7.41. The van der Waals surface area contributed by atoms with Gasteiger partial charge < -0.3 is 19.5 Å². The summed E-state index contributed by atoms with van der Waals surface area (Å²) in [6.07, 6.45) is -8.12. The van der Waals surface area contributed by atoms with E-state index in [1.165, 1.54) is 11.0 Å². The number of alkyl halides is 6. The van der Waals surface area contributed by atoms with Crippen molar-refractivity contribution in [2.45, 2.75) is 50.2 Å². The largest absolute Gasteiger partial charge is 0.493 e. The number of fused-ring (bicyclic) bond motifs is 1. The molecule has 7 nitrogen and oxygen atoms in total. The van der Waals surface area contributed by atoms with Gasteiger partial charge in [0.25, 0.3) is 0 Å². The van der Waals surface area contributed by atoms with Crippen molar-refractivity contribution in [2.75, 3.05) is 13.2 Å². The zero-order chi connectivity index (χ0) is 27.9. The van der Waals surface area contributed by atoms with Crippen LogP contribution < -0.4 is 10.1 Å². The summed E-state index contributed by atoms with van der Waals surface area (Å²) < 4.78 is 87.1. The number of nitrogens with one attached hydrogen (secondary N) is 1. The lowest BCUT2D eigenvalue weighted by atomic mass is 9.98. The molecule has 1 saturated heterocycles. The van der Waals surface area contributed by atoms with Gasteiger partial charge in [-0.25, -0.2) is 4.79 Å². The monoisotopic (exact) mass is 573 g/mol. The van der Waals surface area contributed by atoms with Crippen LogP contribution in [0.5, 0.6) is 5.75 Å². The quantitative estimate of drug-likeness (QED) is 0.367. The number of amides is 2. The Kier molecular flexibility index (Phi) is 7.12. The number of hydrogen-bond donors (Lipinski definition) is 1. The number of nitrogens with zero attached hydrogens (tertiary/aromatic N) is 4. The van der Waals surface area contributed by atoms with Gasteiger partial charge in [0, 0.05) is 23.6 Å². The van der Waals surface area contributed by atoms with Crippen molar-refractivity contribution in [3.05, 3.63) is 75.8 Å². The van der Waals surface area contributed by atoms with Gasteiger partial charge in [-0.15, -0.1) is 10.2 Å². The number of aromatic nitrogens is 3. The zero-order valence-corrected chi connectivity index (χ0v) is 20.9. The van der Waals surface area contributed by atoms with E-state index >= 15 is 0 Å². The fourth-order valence-electron chi connectivity index (χ4n) is 4.93. The molecule has 39 heavy (non-hydrogen) atoms. The molecular weight excluding hydrogens is 552 g/mol. The lowest BCUT2D eigenvalue weighted by Crippen LogP contribution is -2.43. The lowest BCUT2D eigenvalue weighted by Gasteiger charge is -2.31. The summed E-state index contributed by atoms with van der Waals surface area (Å²) in [7, 11) is 0. The molecule has 208 valence electrons. The maximum absolute atomic E-state index is 13.8. The van der Waals surface area contributed by atoms with Gasteiger partial charge in [-0.2, -0.15) is 26.3 Å². The number of benzene rings is 2. The average Bonchev–Trinajstić information content (AvgIpc) is 3.52. The second kappa shape index (κ2) is 10.2. The maximum Gasteiger partial charge on any atom is 0.451 e. The van der Waals surface area contributed by atoms with E-state index in [1.54, 1.807) is 24.3 Å². The zero-order valence-electron chi connectivity index (χ0n) is 20.2. The highest BCUT2D eigenvalue weighted by molar-refractivity contribution is 6.30. The van der Waals surface area contributed by atoms with Gasteiger partial charge in [0.1, 0.15) is 5.75 Å². The number of carbonyl (C=O) groups excluding carboxylic acids is 1. The molecule has 1 fully saturated rings. The van der Waals surface area contributed by atoms with E-state index in [9.17, 15) is 31.1 Å². The first-order valence-electron chi connectivity index (χ1n) is 12.1. The number of urea groups is 1. The fourth-order valence-corrected chi connectivity index (χ4v) is 5.05. The van der Waals surface area contributed by atoms with Crippen LogP contribution >= 0.6 is 11.6 Å². The van der Waals surface area contributed by atoms with Gasteiger partial charge in [-0.1, -0.05) is 29.8 Å². The summed E-state index contributed by atoms with van der Waals surface area (Å²) in [4.78, 5) is 14.7. The van der Waals surface area contributed by atoms with E-state index in [0.29, 0.717) is 35.4 Å². The van der Waals surface area contributed by atoms with E-state index in [0.717, 1.165) is 16.7 Å². The van der Waals surface area contributed by atoms with Crippen LogP contribution in [0.3, 0.4) is 0 Å². The topological polar surface area (TPSA) is 72.3 Å². The van der Waals surface area contributed by atoms with Crippen LogP contribution in [0.4, 0.5) is 31.1 Å². The number of hydrogen-bond acceptors (Lipinski definition) is 4. The SMILES string of the molecule is O=C(NC1CCOc2cc(C(F)(F)F)ccc21)N1CCCC1c1nnc(C(F)(F)F)n1Cc1ccc(Cl)cc1. The van der Waals surface area contributed by atoms with Crippen LogP contribution in [0.2, 0.25) is 5.02 Å². The summed E-state index contributed by atoms with van der Waals surface area (Å²) in [5.74, 6) is -1.16. The molecule has 2 unspecified atom stereocenters. The number of halogens is 7. The Balaban J connectivity index is 1.40. The molecule has 5 rings (SSSR count). The summed E-state index contributed by atoms with van der Waals surface area (Å²) >= 11 is 5.91. The molecule has 3 aromatic rings. The second-order valence-corrected chi connectivity index (χ2v) is 9.77. The second-order valence-electron chi connectivity index (χ2n) is 9.33. The highest BCUT2D eigenvalue weighted by atomic mass is 35.5. The van der Waals surface area contributed by atoms with Crippen LogP contribution in [0.15, 0.2) is 42.5 Å². The van der Waals surface area contributed by atoms with E-state index in [1.807, 2.05) is 0 Å². The van der Waals surface area contributed by atoms with Gasteiger partial charge >= 0.3 is 18.4 Å². The first-order valence-corrected chi connectivity index (χ1v) is 12.5. The number of rotatable bonds is 4. The Morgan fingerprint density at radius 3 is 2.46 bits per heavy atom. The Bertz CT molecular complexity index is 1360. The average molecular weight is 574 g/mol. The molecule has 2 aromatic carbocycles. The normalized spacial score (nSPS) is 19.5. The van der Waals surface area contributed by atoms with Crippen LogP contribution in [-0.4, -0.2) is 38.8 Å². The summed E-state index contributed by atoms with van der Waals surface area (Å²) in [6.45, 7) is 0.164. The summed E-state index contributed by atoms with van der Waals surface area (Å²) in [5, 5.41) is 10.5. The Hall–Kier alpha value is -3.48. The van der Waals surface area contributed by atoms with Crippen molar-refractivity contribution in [2.24, 2.45) is 0 Å². The van der Waals surface area contributed by atoms with Gasteiger partial charge in [0.05, 0.1) is 30.8 Å². The minimum atomic E-state index is -4.77. The fraction of sp³-hybridized carbons (Fsp3) is 0.400. The molecule has 0 spiro atoms. The number of carbonyl (C=O) groups is 1. The molecule has 2 aliphatic heterocycles. The van der Waals surface area contributed by atoms with Crippen LogP contribution in [0.25, 0.3) is 0 Å². The van der Waals surface area contributed by atoms with Gasteiger partial charge in [-0.3, -0.25) is 0 Å². The van der Waals surface area contributed by atoms with Crippen molar-refractivity contribution in [3.63, 3.8) is 0 Å². The molecule has 0 radical (unpaired) electrons. The van der Waals surface area contributed by atoms with Crippen LogP contribution in [0.1, 0.15) is 59.7 Å². The third-order valence-electron chi connectivity index (χ3n) is 6.78. The highest BCUT2D eigenvalue weighted by Gasteiger charge is 2.42. The first kappa shape index (κ1) is 27.1. The molecule has 3 heterocycles. The van der Waals surface area contributed by atoms with E-state index in [4.69, 9.17) is 16.3 Å². The van der Waals surface area contributed by atoms with Crippen molar-refractivity contribution in [1.29, 1.82) is 0 Å². The van der Waals surface area contributed by atoms with E-state index < -0.39 is 41.9 Å². The van der Waals surface area contributed by atoms with Crippen molar-refractivity contribution in [1.82, 2.24) is 25.0 Å². The molecular formula is C25H22ClF6N5O2. The smallest absolute Gasteiger partial charge is 0.451 e. The molecule has 0 aliphatic carbocycles. The summed E-state index contributed by atoms with van der Waals surface area (Å²) in [5.41, 5.74) is 0.0638. The number of ether oxygens (including phenoxy) is 1. The Morgan fingerprint density at radius 2 is 1.77 bits per heavy atom. The standard InChI is InChI=1S/C25H22ClF6N5O2/c26-16-6-3-14(4-7-16)13-37-21(34-35-22(37)25(30,31)32)19-2-1-10-36(19)23(38)33-18-9-11-39-20-12-15(24(27,28)29)5-8-17(18)20/h3-8,12,18-19H,1-2,9-11,13H2,(H,33,38). The van der Waals surface area contributed by atoms with Gasteiger partial charge in [0.15, 0.2) is 5.82 Å². The molecule has 1 N–H and O–H groups in total. The van der Waals surface area contributed by atoms with Crippen LogP contribution in [0, 0.1) is 0 Å². The molecule has 1 aromatic heterocycles. The van der Waals surface area contributed by atoms with Crippen LogP contribution in [-0.2, 0) is 18.9 Å². The highest BCUT2D eigenvalue weighted by Crippen LogP contribution is 2.39. The minimum absolute atomic E-state index is 0.00729. The van der Waals surface area contributed by atoms with Gasteiger partial charge in [0.2, 0.25) is 5.82 Å². The van der Waals surface area contributed by atoms with Gasteiger partial charge in [-0.05, 0) is 42.7 Å². The third kappa shape index (κ3) is 5.63. The Morgan fingerprint density at radius 1 is 1.03 bits per heavy atom. The molecule has 14 heteroatoms. The van der Waals surface area contributed by atoms with Crippen molar-refractivity contribution < 1.29 is 35.9 Å².